The molecule has 3 unspecified atom stereocenters. The Morgan fingerprint density at radius 2 is 2.33 bits per heavy atom. The molecule has 0 aromatic heterocycles. The van der Waals surface area contributed by atoms with Crippen molar-refractivity contribution in [1.29, 1.82) is 0 Å². The number of nitrogens with two attached hydrogens (primary N) is 1. The quantitative estimate of drug-likeness (QED) is 0.737. The fourth-order valence-electron chi connectivity index (χ4n) is 2.43. The second-order valence-electron chi connectivity index (χ2n) is 4.48. The van der Waals surface area contributed by atoms with Crippen LogP contribution in [0.4, 0.5) is 0 Å². The SMILES string of the molecule is CCN1CCC(C2OCC(CCN)O2)C1. The summed E-state index contributed by atoms with van der Waals surface area (Å²) in [6.45, 7) is 7.06. The summed E-state index contributed by atoms with van der Waals surface area (Å²) in [5, 5.41) is 0. The summed E-state index contributed by atoms with van der Waals surface area (Å²) in [6, 6.07) is 0. The lowest BCUT2D eigenvalue weighted by Gasteiger charge is -2.18. The maximum atomic E-state index is 5.85. The minimum atomic E-state index is 0.0260. The molecule has 4 nitrogen and oxygen atoms in total. The molecule has 88 valence electrons. The Morgan fingerprint density at radius 3 is 3.00 bits per heavy atom. The molecule has 0 saturated carbocycles. The van der Waals surface area contributed by atoms with E-state index in [1.165, 1.54) is 13.0 Å². The molecule has 0 spiro atoms. The summed E-state index contributed by atoms with van der Waals surface area (Å²) in [6.07, 6.45) is 2.38. The number of nitrogens with zero attached hydrogens (tertiary/aromatic N) is 1. The van der Waals surface area contributed by atoms with Gasteiger partial charge < -0.3 is 20.1 Å². The Labute approximate surface area is 91.7 Å². The average Bonchev–Trinajstić information content (AvgIpc) is 2.85. The van der Waals surface area contributed by atoms with Gasteiger partial charge in [-0.05, 0) is 32.5 Å². The predicted octanol–water partition coefficient (Wildman–Crippen LogP) is 0.419. The van der Waals surface area contributed by atoms with Crippen LogP contribution in [0.3, 0.4) is 0 Å². The van der Waals surface area contributed by atoms with Crippen LogP contribution in [-0.2, 0) is 9.47 Å². The predicted molar refractivity (Wildman–Crippen MR) is 58.5 cm³/mol. The Balaban J connectivity index is 1.76. The van der Waals surface area contributed by atoms with Crippen molar-refractivity contribution in [1.82, 2.24) is 4.90 Å². The zero-order chi connectivity index (χ0) is 10.7. The third-order valence-electron chi connectivity index (χ3n) is 3.40. The molecule has 2 heterocycles. The van der Waals surface area contributed by atoms with Crippen molar-refractivity contribution < 1.29 is 9.47 Å². The van der Waals surface area contributed by atoms with Crippen LogP contribution in [0.5, 0.6) is 0 Å². The van der Waals surface area contributed by atoms with Crippen LogP contribution in [0.25, 0.3) is 0 Å². The normalized spacial score (nSPS) is 37.6. The first kappa shape index (κ1) is 11.3. The Morgan fingerprint density at radius 1 is 1.47 bits per heavy atom. The van der Waals surface area contributed by atoms with Gasteiger partial charge in [-0.15, -0.1) is 0 Å². The van der Waals surface area contributed by atoms with Crippen LogP contribution in [0, 0.1) is 5.92 Å². The molecule has 3 atom stereocenters. The summed E-state index contributed by atoms with van der Waals surface area (Å²) in [5.74, 6) is 0.563. The van der Waals surface area contributed by atoms with E-state index < -0.39 is 0 Å². The van der Waals surface area contributed by atoms with Crippen molar-refractivity contribution in [2.24, 2.45) is 11.7 Å². The first-order valence-electron chi connectivity index (χ1n) is 6.03. The number of rotatable bonds is 4. The van der Waals surface area contributed by atoms with E-state index in [1.807, 2.05) is 0 Å². The van der Waals surface area contributed by atoms with E-state index in [1.54, 1.807) is 0 Å². The van der Waals surface area contributed by atoms with Crippen molar-refractivity contribution >= 4 is 0 Å². The van der Waals surface area contributed by atoms with Crippen molar-refractivity contribution in [2.45, 2.75) is 32.2 Å². The van der Waals surface area contributed by atoms with Crippen molar-refractivity contribution in [3.8, 4) is 0 Å². The van der Waals surface area contributed by atoms with Gasteiger partial charge in [0, 0.05) is 12.5 Å². The highest BCUT2D eigenvalue weighted by molar-refractivity contribution is 4.80. The molecule has 2 N–H and O–H groups in total. The van der Waals surface area contributed by atoms with E-state index in [-0.39, 0.29) is 12.4 Å². The molecule has 15 heavy (non-hydrogen) atoms. The van der Waals surface area contributed by atoms with Gasteiger partial charge in [0.25, 0.3) is 0 Å². The average molecular weight is 214 g/mol. The van der Waals surface area contributed by atoms with Crippen molar-refractivity contribution in [2.75, 3.05) is 32.8 Å². The fourth-order valence-corrected chi connectivity index (χ4v) is 2.43. The monoisotopic (exact) mass is 214 g/mol. The molecule has 4 heteroatoms. The van der Waals surface area contributed by atoms with E-state index in [4.69, 9.17) is 15.2 Å². The lowest BCUT2D eigenvalue weighted by Crippen LogP contribution is -2.27. The van der Waals surface area contributed by atoms with Gasteiger partial charge in [-0.3, -0.25) is 0 Å². The Bertz CT molecular complexity index is 201. The Kier molecular flexibility index (Phi) is 3.97. The summed E-state index contributed by atoms with van der Waals surface area (Å²) >= 11 is 0. The first-order chi connectivity index (χ1) is 7.33. The van der Waals surface area contributed by atoms with Gasteiger partial charge in [-0.25, -0.2) is 0 Å². The molecule has 0 aromatic carbocycles. The summed E-state index contributed by atoms with van der Waals surface area (Å²) in [4.78, 5) is 2.45. The molecule has 2 aliphatic heterocycles. The minimum Gasteiger partial charge on any atom is -0.350 e. The first-order valence-corrected chi connectivity index (χ1v) is 6.03. The van der Waals surface area contributed by atoms with Gasteiger partial charge in [0.2, 0.25) is 0 Å². The lowest BCUT2D eigenvalue weighted by molar-refractivity contribution is -0.0935. The minimum absolute atomic E-state index is 0.0260. The molecule has 0 radical (unpaired) electrons. The van der Waals surface area contributed by atoms with Crippen molar-refractivity contribution in [3.05, 3.63) is 0 Å². The van der Waals surface area contributed by atoms with Crippen LogP contribution in [0.2, 0.25) is 0 Å². The molecule has 2 aliphatic rings. The second kappa shape index (κ2) is 5.25. The topological polar surface area (TPSA) is 47.7 Å². The molecular weight excluding hydrogens is 192 g/mol. The largest absolute Gasteiger partial charge is 0.350 e. The third kappa shape index (κ3) is 2.69. The van der Waals surface area contributed by atoms with Gasteiger partial charge in [0.1, 0.15) is 0 Å². The zero-order valence-corrected chi connectivity index (χ0v) is 9.52. The van der Waals surface area contributed by atoms with Gasteiger partial charge in [0.05, 0.1) is 12.7 Å². The van der Waals surface area contributed by atoms with E-state index in [0.29, 0.717) is 12.5 Å². The molecule has 0 bridgehead atoms. The fraction of sp³-hybridized carbons (Fsp3) is 1.00. The van der Waals surface area contributed by atoms with E-state index in [0.717, 1.165) is 26.1 Å². The van der Waals surface area contributed by atoms with Gasteiger partial charge in [-0.1, -0.05) is 6.92 Å². The molecule has 0 aromatic rings. The molecule has 0 amide bonds. The van der Waals surface area contributed by atoms with Crippen LogP contribution < -0.4 is 5.73 Å². The molecule has 0 aliphatic carbocycles. The lowest BCUT2D eigenvalue weighted by atomic mass is 10.1. The Hall–Kier alpha value is -0.160. The highest BCUT2D eigenvalue weighted by Crippen LogP contribution is 2.27. The maximum Gasteiger partial charge on any atom is 0.162 e. The third-order valence-corrected chi connectivity index (χ3v) is 3.40. The smallest absolute Gasteiger partial charge is 0.162 e. The van der Waals surface area contributed by atoms with E-state index >= 15 is 0 Å². The van der Waals surface area contributed by atoms with E-state index in [2.05, 4.69) is 11.8 Å². The van der Waals surface area contributed by atoms with Crippen LogP contribution in [0.15, 0.2) is 0 Å². The summed E-state index contributed by atoms with van der Waals surface area (Å²) in [5.41, 5.74) is 5.51. The van der Waals surface area contributed by atoms with Gasteiger partial charge in [0.15, 0.2) is 6.29 Å². The highest BCUT2D eigenvalue weighted by atomic mass is 16.7. The molecule has 2 rings (SSSR count). The standard InChI is InChI=1S/C11H22N2O2/c1-2-13-6-4-9(7-13)11-14-8-10(15-11)3-5-12/h9-11H,2-8,12H2,1H3. The molecule has 2 saturated heterocycles. The molecular formula is C11H22N2O2. The summed E-state index contributed by atoms with van der Waals surface area (Å²) in [7, 11) is 0. The zero-order valence-electron chi connectivity index (χ0n) is 9.52. The summed E-state index contributed by atoms with van der Waals surface area (Å²) < 4.78 is 11.5. The van der Waals surface area contributed by atoms with Gasteiger partial charge in [-0.2, -0.15) is 0 Å². The number of likely N-dealkylation sites (tertiary alicyclic amines) is 1. The molecule has 2 fully saturated rings. The number of hydrogen-bond donors (Lipinski definition) is 1. The van der Waals surface area contributed by atoms with Gasteiger partial charge >= 0.3 is 0 Å². The van der Waals surface area contributed by atoms with E-state index in [9.17, 15) is 0 Å². The number of ether oxygens (including phenoxy) is 2. The number of hydrogen-bond acceptors (Lipinski definition) is 4. The van der Waals surface area contributed by atoms with Crippen LogP contribution in [-0.4, -0.2) is 50.1 Å². The second-order valence-corrected chi connectivity index (χ2v) is 4.48. The van der Waals surface area contributed by atoms with Crippen molar-refractivity contribution in [3.63, 3.8) is 0 Å². The maximum absolute atomic E-state index is 5.85. The van der Waals surface area contributed by atoms with Crippen LogP contribution >= 0.6 is 0 Å². The highest BCUT2D eigenvalue weighted by Gasteiger charge is 2.35. The van der Waals surface area contributed by atoms with Crippen LogP contribution in [0.1, 0.15) is 19.8 Å².